The lowest BCUT2D eigenvalue weighted by molar-refractivity contribution is 0.379. The van der Waals surface area contributed by atoms with Gasteiger partial charge in [-0.05, 0) is 19.9 Å². The summed E-state index contributed by atoms with van der Waals surface area (Å²) in [5, 5.41) is 10.2. The zero-order chi connectivity index (χ0) is 8.39. The van der Waals surface area contributed by atoms with Crippen LogP contribution in [0.4, 0.5) is 5.82 Å². The van der Waals surface area contributed by atoms with Crippen LogP contribution < -0.4 is 10.6 Å². The van der Waals surface area contributed by atoms with Gasteiger partial charge in [-0.1, -0.05) is 5.16 Å². The maximum absolute atomic E-state index is 5.06. The molecule has 0 atom stereocenters. The highest BCUT2D eigenvalue weighted by atomic mass is 16.5. The van der Waals surface area contributed by atoms with Gasteiger partial charge in [0.25, 0.3) is 0 Å². The molecule has 4 heteroatoms. The molecule has 4 nitrogen and oxygen atoms in total. The summed E-state index contributed by atoms with van der Waals surface area (Å²) in [5.74, 6) is 1.74. The summed E-state index contributed by atoms with van der Waals surface area (Å²) in [5.41, 5.74) is 0. The van der Waals surface area contributed by atoms with Gasteiger partial charge in [-0.3, -0.25) is 0 Å². The van der Waals surface area contributed by atoms with E-state index in [4.69, 9.17) is 4.52 Å². The largest absolute Gasteiger partial charge is 0.365 e. The molecule has 1 fully saturated rings. The second kappa shape index (κ2) is 3.15. The van der Waals surface area contributed by atoms with Gasteiger partial charge in [-0.25, -0.2) is 0 Å². The van der Waals surface area contributed by atoms with E-state index in [0.717, 1.165) is 18.1 Å². The van der Waals surface area contributed by atoms with Gasteiger partial charge >= 0.3 is 0 Å². The van der Waals surface area contributed by atoms with Crippen molar-refractivity contribution < 1.29 is 4.52 Å². The molecule has 0 aromatic carbocycles. The molecule has 1 aromatic rings. The Morgan fingerprint density at radius 3 is 3.17 bits per heavy atom. The summed E-state index contributed by atoms with van der Waals surface area (Å²) in [6, 6.07) is 2.58. The fourth-order valence-corrected chi connectivity index (χ4v) is 1.08. The summed E-state index contributed by atoms with van der Waals surface area (Å²) in [6.07, 6.45) is 2.52. The average molecular weight is 167 g/mol. The summed E-state index contributed by atoms with van der Waals surface area (Å²) in [6.45, 7) is 0.735. The molecule has 2 rings (SSSR count). The third-order valence-electron chi connectivity index (χ3n) is 1.84. The van der Waals surface area contributed by atoms with Crippen molar-refractivity contribution in [2.24, 2.45) is 0 Å². The Bertz CT molecular complexity index is 255. The molecule has 0 amide bonds. The Morgan fingerprint density at radius 1 is 1.67 bits per heavy atom. The first-order valence-electron chi connectivity index (χ1n) is 4.25. The smallest absolute Gasteiger partial charge is 0.169 e. The molecule has 1 heterocycles. The molecular weight excluding hydrogens is 154 g/mol. The zero-order valence-corrected chi connectivity index (χ0v) is 7.13. The van der Waals surface area contributed by atoms with Crippen LogP contribution in [0.2, 0.25) is 0 Å². The lowest BCUT2D eigenvalue weighted by atomic mass is 10.4. The van der Waals surface area contributed by atoms with Crippen LogP contribution in [-0.2, 0) is 6.54 Å². The van der Waals surface area contributed by atoms with Gasteiger partial charge < -0.3 is 15.2 Å². The van der Waals surface area contributed by atoms with E-state index in [1.807, 2.05) is 13.1 Å². The van der Waals surface area contributed by atoms with Gasteiger partial charge in [0.1, 0.15) is 0 Å². The third-order valence-corrected chi connectivity index (χ3v) is 1.84. The first kappa shape index (κ1) is 7.61. The molecule has 0 unspecified atom stereocenters. The average Bonchev–Trinajstić information content (AvgIpc) is 2.74. The fourth-order valence-electron chi connectivity index (χ4n) is 1.08. The number of hydrogen-bond donors (Lipinski definition) is 2. The van der Waals surface area contributed by atoms with Gasteiger partial charge in [0.2, 0.25) is 0 Å². The minimum absolute atomic E-state index is 0.637. The first-order chi connectivity index (χ1) is 5.88. The van der Waals surface area contributed by atoms with Crippen molar-refractivity contribution in [1.82, 2.24) is 10.5 Å². The maximum Gasteiger partial charge on any atom is 0.169 e. The van der Waals surface area contributed by atoms with Gasteiger partial charge in [-0.15, -0.1) is 0 Å². The topological polar surface area (TPSA) is 50.1 Å². The predicted molar refractivity (Wildman–Crippen MR) is 45.9 cm³/mol. The minimum Gasteiger partial charge on any atom is -0.365 e. The molecule has 66 valence electrons. The normalized spacial score (nSPS) is 16.4. The molecule has 0 bridgehead atoms. The van der Waals surface area contributed by atoms with Crippen LogP contribution in [0.25, 0.3) is 0 Å². The third kappa shape index (κ3) is 1.76. The Labute approximate surface area is 71.3 Å². The summed E-state index contributed by atoms with van der Waals surface area (Å²) in [7, 11) is 1.89. The molecule has 1 aliphatic rings. The molecule has 1 saturated carbocycles. The number of anilines is 1. The number of rotatable bonds is 4. The molecule has 1 aliphatic carbocycles. The molecule has 2 N–H and O–H groups in total. The monoisotopic (exact) mass is 167 g/mol. The molecular formula is C8H13N3O. The number of nitrogens with zero attached hydrogens (tertiary/aromatic N) is 1. The lowest BCUT2D eigenvalue weighted by Crippen LogP contribution is -2.03. The van der Waals surface area contributed by atoms with Crippen LogP contribution in [0.15, 0.2) is 10.6 Å². The van der Waals surface area contributed by atoms with Crippen molar-refractivity contribution in [3.8, 4) is 0 Å². The van der Waals surface area contributed by atoms with Gasteiger partial charge in [0.05, 0.1) is 6.54 Å². The van der Waals surface area contributed by atoms with Crippen molar-refractivity contribution in [2.75, 3.05) is 12.4 Å². The van der Waals surface area contributed by atoms with Crippen molar-refractivity contribution in [1.29, 1.82) is 0 Å². The van der Waals surface area contributed by atoms with E-state index in [1.54, 1.807) is 0 Å². The fraction of sp³-hybridized carbons (Fsp3) is 0.625. The predicted octanol–water partition coefficient (Wildman–Crippen LogP) is 0.968. The lowest BCUT2D eigenvalue weighted by Gasteiger charge is -1.94. The quantitative estimate of drug-likeness (QED) is 0.701. The van der Waals surface area contributed by atoms with E-state index >= 15 is 0 Å². The van der Waals surface area contributed by atoms with Crippen molar-refractivity contribution >= 4 is 5.82 Å². The molecule has 1 aromatic heterocycles. The van der Waals surface area contributed by atoms with E-state index in [1.165, 1.54) is 12.8 Å². The molecule has 0 saturated heterocycles. The molecule has 0 radical (unpaired) electrons. The Balaban J connectivity index is 1.92. The zero-order valence-electron chi connectivity index (χ0n) is 7.13. The van der Waals surface area contributed by atoms with Crippen LogP contribution >= 0.6 is 0 Å². The van der Waals surface area contributed by atoms with E-state index in [2.05, 4.69) is 15.8 Å². The number of hydrogen-bond acceptors (Lipinski definition) is 4. The molecule has 0 spiro atoms. The Morgan fingerprint density at radius 2 is 2.50 bits per heavy atom. The first-order valence-corrected chi connectivity index (χ1v) is 4.25. The van der Waals surface area contributed by atoms with E-state index in [9.17, 15) is 0 Å². The van der Waals surface area contributed by atoms with Crippen LogP contribution in [0.1, 0.15) is 18.6 Å². The van der Waals surface area contributed by atoms with Gasteiger partial charge in [-0.2, -0.15) is 0 Å². The van der Waals surface area contributed by atoms with Crippen LogP contribution in [0.3, 0.4) is 0 Å². The van der Waals surface area contributed by atoms with Crippen LogP contribution in [-0.4, -0.2) is 18.2 Å². The Hall–Kier alpha value is -1.03. The SMILES string of the molecule is CNCc1cc(NC2CC2)no1. The Kier molecular flexibility index (Phi) is 1.99. The van der Waals surface area contributed by atoms with Crippen molar-refractivity contribution in [3.63, 3.8) is 0 Å². The maximum atomic E-state index is 5.06. The highest BCUT2D eigenvalue weighted by Gasteiger charge is 2.21. The van der Waals surface area contributed by atoms with Crippen molar-refractivity contribution in [3.05, 3.63) is 11.8 Å². The number of nitrogens with one attached hydrogen (secondary N) is 2. The second-order valence-electron chi connectivity index (χ2n) is 3.13. The number of aromatic nitrogens is 1. The standard InChI is InChI=1S/C8H13N3O/c1-9-5-7-4-8(11-12-7)10-6-2-3-6/h4,6,9H,2-3,5H2,1H3,(H,10,11). The van der Waals surface area contributed by atoms with Crippen molar-refractivity contribution in [2.45, 2.75) is 25.4 Å². The second-order valence-corrected chi connectivity index (χ2v) is 3.13. The van der Waals surface area contributed by atoms with E-state index in [-0.39, 0.29) is 0 Å². The highest BCUT2D eigenvalue weighted by molar-refractivity contribution is 5.36. The highest BCUT2D eigenvalue weighted by Crippen LogP contribution is 2.24. The van der Waals surface area contributed by atoms with E-state index in [0.29, 0.717) is 6.04 Å². The van der Waals surface area contributed by atoms with Crippen LogP contribution in [0, 0.1) is 0 Å². The van der Waals surface area contributed by atoms with Gasteiger partial charge in [0, 0.05) is 12.1 Å². The van der Waals surface area contributed by atoms with Crippen LogP contribution in [0.5, 0.6) is 0 Å². The summed E-state index contributed by atoms with van der Waals surface area (Å²) >= 11 is 0. The summed E-state index contributed by atoms with van der Waals surface area (Å²) in [4.78, 5) is 0. The van der Waals surface area contributed by atoms with E-state index < -0.39 is 0 Å². The minimum atomic E-state index is 0.637. The molecule has 12 heavy (non-hydrogen) atoms. The van der Waals surface area contributed by atoms with Gasteiger partial charge in [0.15, 0.2) is 11.6 Å². The summed E-state index contributed by atoms with van der Waals surface area (Å²) < 4.78 is 5.06. The molecule has 0 aliphatic heterocycles.